The fourth-order valence-corrected chi connectivity index (χ4v) is 1.81. The lowest BCUT2D eigenvalue weighted by Gasteiger charge is -2.12. The molecular formula is C10H11F2NO2S. The zero-order chi connectivity index (χ0) is 12.3. The molecule has 88 valence electrons. The van der Waals surface area contributed by atoms with Crippen LogP contribution in [0.15, 0.2) is 17.0 Å². The second kappa shape index (κ2) is 5.27. The molecule has 1 rings (SSSR count). The van der Waals surface area contributed by atoms with Crippen LogP contribution < -0.4 is 5.73 Å². The molecule has 0 amide bonds. The van der Waals surface area contributed by atoms with Gasteiger partial charge in [-0.05, 0) is 12.3 Å². The van der Waals surface area contributed by atoms with E-state index in [9.17, 15) is 13.6 Å². The van der Waals surface area contributed by atoms with Gasteiger partial charge in [0.15, 0.2) is 11.6 Å². The van der Waals surface area contributed by atoms with Crippen LogP contribution in [0.5, 0.6) is 0 Å². The molecule has 1 aromatic rings. The highest BCUT2D eigenvalue weighted by atomic mass is 32.2. The fraction of sp³-hybridized carbons (Fsp3) is 0.300. The van der Waals surface area contributed by atoms with Gasteiger partial charge in [-0.15, -0.1) is 11.8 Å². The molecule has 0 aliphatic heterocycles. The predicted molar refractivity (Wildman–Crippen MR) is 57.6 cm³/mol. The summed E-state index contributed by atoms with van der Waals surface area (Å²) in [7, 11) is 0. The van der Waals surface area contributed by atoms with Crippen molar-refractivity contribution in [3.8, 4) is 0 Å². The van der Waals surface area contributed by atoms with Gasteiger partial charge in [-0.2, -0.15) is 0 Å². The molecule has 1 aromatic carbocycles. The summed E-state index contributed by atoms with van der Waals surface area (Å²) in [6.45, 7) is -0.274. The van der Waals surface area contributed by atoms with E-state index in [1.54, 1.807) is 6.26 Å². The van der Waals surface area contributed by atoms with E-state index in [1.807, 2.05) is 0 Å². The number of hydrogen-bond donors (Lipinski definition) is 2. The third-order valence-corrected chi connectivity index (χ3v) is 2.96. The number of carbonyl (C=O) groups is 1. The van der Waals surface area contributed by atoms with E-state index in [1.165, 1.54) is 12.1 Å². The summed E-state index contributed by atoms with van der Waals surface area (Å²) in [6.07, 6.45) is 1.61. The number of carboxylic acids is 1. The topological polar surface area (TPSA) is 63.3 Å². The van der Waals surface area contributed by atoms with Crippen LogP contribution >= 0.6 is 11.8 Å². The largest absolute Gasteiger partial charge is 0.481 e. The lowest BCUT2D eigenvalue weighted by Crippen LogP contribution is -2.22. The Kier molecular flexibility index (Phi) is 4.26. The van der Waals surface area contributed by atoms with E-state index in [0.29, 0.717) is 0 Å². The maximum Gasteiger partial charge on any atom is 0.312 e. The van der Waals surface area contributed by atoms with Crippen molar-refractivity contribution in [2.75, 3.05) is 12.8 Å². The highest BCUT2D eigenvalue weighted by Gasteiger charge is 2.24. The molecule has 0 spiro atoms. The van der Waals surface area contributed by atoms with Crippen molar-refractivity contribution in [3.63, 3.8) is 0 Å². The zero-order valence-corrected chi connectivity index (χ0v) is 9.35. The lowest BCUT2D eigenvalue weighted by atomic mass is 9.99. The SMILES string of the molecule is CSc1ccc(C(CN)C(=O)O)c(F)c1F. The third-order valence-electron chi connectivity index (χ3n) is 2.21. The fourth-order valence-electron chi connectivity index (χ4n) is 1.33. The van der Waals surface area contributed by atoms with Crippen LogP contribution in [0.2, 0.25) is 0 Å². The molecule has 0 bridgehead atoms. The van der Waals surface area contributed by atoms with Crippen LogP contribution in [0, 0.1) is 11.6 Å². The molecular weight excluding hydrogens is 236 g/mol. The first kappa shape index (κ1) is 12.9. The summed E-state index contributed by atoms with van der Waals surface area (Å²) >= 11 is 1.05. The maximum atomic E-state index is 13.5. The number of halogens is 2. The molecule has 0 aliphatic carbocycles. The van der Waals surface area contributed by atoms with E-state index in [0.717, 1.165) is 11.8 Å². The van der Waals surface area contributed by atoms with Crippen molar-refractivity contribution >= 4 is 17.7 Å². The van der Waals surface area contributed by atoms with Gasteiger partial charge < -0.3 is 10.8 Å². The van der Waals surface area contributed by atoms with Gasteiger partial charge in [0.2, 0.25) is 0 Å². The van der Waals surface area contributed by atoms with Crippen molar-refractivity contribution in [2.24, 2.45) is 5.73 Å². The number of hydrogen-bond acceptors (Lipinski definition) is 3. The summed E-state index contributed by atoms with van der Waals surface area (Å²) in [5.41, 5.74) is 5.00. The lowest BCUT2D eigenvalue weighted by molar-refractivity contribution is -0.138. The van der Waals surface area contributed by atoms with Crippen molar-refractivity contribution in [2.45, 2.75) is 10.8 Å². The van der Waals surface area contributed by atoms with Crippen LogP contribution in [-0.2, 0) is 4.79 Å². The Morgan fingerprint density at radius 1 is 1.50 bits per heavy atom. The molecule has 16 heavy (non-hydrogen) atoms. The second-order valence-corrected chi connectivity index (χ2v) is 3.96. The quantitative estimate of drug-likeness (QED) is 0.796. The minimum atomic E-state index is -1.27. The summed E-state index contributed by atoms with van der Waals surface area (Å²) in [5, 5.41) is 8.79. The summed E-state index contributed by atoms with van der Waals surface area (Å²) in [5.74, 6) is -4.64. The van der Waals surface area contributed by atoms with Crippen LogP contribution in [0.1, 0.15) is 11.5 Å². The molecule has 0 heterocycles. The molecule has 0 saturated carbocycles. The standard InChI is InChI=1S/C10H11F2NO2S/c1-16-7-3-2-5(8(11)9(7)12)6(4-13)10(14)15/h2-3,6H,4,13H2,1H3,(H,14,15). The van der Waals surface area contributed by atoms with Gasteiger partial charge in [0.05, 0.1) is 5.92 Å². The number of carboxylic acid groups (broad SMARTS) is 1. The molecule has 0 aromatic heterocycles. The molecule has 1 atom stereocenters. The molecule has 3 N–H and O–H groups in total. The Labute approximate surface area is 95.6 Å². The van der Waals surface area contributed by atoms with Gasteiger partial charge in [-0.1, -0.05) is 6.07 Å². The molecule has 3 nitrogen and oxygen atoms in total. The Morgan fingerprint density at radius 3 is 2.56 bits per heavy atom. The van der Waals surface area contributed by atoms with Gasteiger partial charge in [0, 0.05) is 17.0 Å². The van der Waals surface area contributed by atoms with Crippen molar-refractivity contribution < 1.29 is 18.7 Å². The number of nitrogens with two attached hydrogens (primary N) is 1. The van der Waals surface area contributed by atoms with Gasteiger partial charge in [0.25, 0.3) is 0 Å². The molecule has 1 unspecified atom stereocenters. The van der Waals surface area contributed by atoms with E-state index < -0.39 is 23.5 Å². The molecule has 6 heteroatoms. The minimum absolute atomic E-state index is 0.141. The third kappa shape index (κ3) is 2.33. The molecule has 0 fully saturated rings. The Hall–Kier alpha value is -1.14. The Balaban J connectivity index is 3.25. The summed E-state index contributed by atoms with van der Waals surface area (Å²) < 4.78 is 26.9. The average molecular weight is 247 g/mol. The minimum Gasteiger partial charge on any atom is -0.481 e. The zero-order valence-electron chi connectivity index (χ0n) is 8.54. The maximum absolute atomic E-state index is 13.5. The van der Waals surface area contributed by atoms with E-state index >= 15 is 0 Å². The number of benzene rings is 1. The number of rotatable bonds is 4. The first-order valence-corrected chi connectivity index (χ1v) is 5.70. The number of thioether (sulfide) groups is 1. The summed E-state index contributed by atoms with van der Waals surface area (Å²) in [4.78, 5) is 10.9. The van der Waals surface area contributed by atoms with Crippen molar-refractivity contribution in [1.82, 2.24) is 0 Å². The van der Waals surface area contributed by atoms with Gasteiger partial charge in [0.1, 0.15) is 0 Å². The smallest absolute Gasteiger partial charge is 0.312 e. The highest BCUT2D eigenvalue weighted by molar-refractivity contribution is 7.98. The van der Waals surface area contributed by atoms with Gasteiger partial charge in [-0.3, -0.25) is 4.79 Å². The van der Waals surface area contributed by atoms with E-state index in [2.05, 4.69) is 0 Å². The van der Waals surface area contributed by atoms with Crippen LogP contribution in [0.3, 0.4) is 0 Å². The van der Waals surface area contributed by atoms with Gasteiger partial charge in [-0.25, -0.2) is 8.78 Å². The van der Waals surface area contributed by atoms with Gasteiger partial charge >= 0.3 is 5.97 Å². The Bertz CT molecular complexity index is 412. The summed E-state index contributed by atoms with van der Waals surface area (Å²) in [6, 6.07) is 2.61. The predicted octanol–water partition coefficient (Wildman–Crippen LogP) is 1.81. The Morgan fingerprint density at radius 2 is 2.12 bits per heavy atom. The highest BCUT2D eigenvalue weighted by Crippen LogP contribution is 2.27. The molecule has 0 radical (unpaired) electrons. The van der Waals surface area contributed by atoms with Crippen LogP contribution in [-0.4, -0.2) is 23.9 Å². The van der Waals surface area contributed by atoms with Crippen molar-refractivity contribution in [3.05, 3.63) is 29.3 Å². The van der Waals surface area contributed by atoms with E-state index in [4.69, 9.17) is 10.8 Å². The average Bonchev–Trinajstić information content (AvgIpc) is 2.25. The number of aliphatic carboxylic acids is 1. The van der Waals surface area contributed by atoms with E-state index in [-0.39, 0.29) is 17.0 Å². The first-order chi connectivity index (χ1) is 7.52. The van der Waals surface area contributed by atoms with Crippen LogP contribution in [0.25, 0.3) is 0 Å². The molecule has 0 aliphatic rings. The second-order valence-electron chi connectivity index (χ2n) is 3.11. The molecule has 0 saturated heterocycles. The first-order valence-electron chi connectivity index (χ1n) is 4.47. The monoisotopic (exact) mass is 247 g/mol. The van der Waals surface area contributed by atoms with Crippen molar-refractivity contribution in [1.29, 1.82) is 0 Å². The normalized spacial score (nSPS) is 12.5. The van der Waals surface area contributed by atoms with Crippen LogP contribution in [0.4, 0.5) is 8.78 Å².